The van der Waals surface area contributed by atoms with Crippen molar-refractivity contribution in [1.29, 1.82) is 0 Å². The summed E-state index contributed by atoms with van der Waals surface area (Å²) in [5.41, 5.74) is -0.354. The van der Waals surface area contributed by atoms with Gasteiger partial charge >= 0.3 is 0 Å². The van der Waals surface area contributed by atoms with Crippen molar-refractivity contribution in [2.75, 3.05) is 5.75 Å². The number of fused-ring (bicyclic) bond motifs is 1. The van der Waals surface area contributed by atoms with Crippen molar-refractivity contribution < 1.29 is 13.2 Å². The molecule has 1 aromatic rings. The van der Waals surface area contributed by atoms with Crippen LogP contribution in [0.1, 0.15) is 25.7 Å². The number of ether oxygens (including phenoxy) is 1. The van der Waals surface area contributed by atoms with Gasteiger partial charge in [0.05, 0.1) is 16.8 Å². The second-order valence-electron chi connectivity index (χ2n) is 4.99. The van der Waals surface area contributed by atoms with Gasteiger partial charge in [-0.15, -0.1) is 0 Å². The number of hydrogen-bond acceptors (Lipinski definition) is 3. The van der Waals surface area contributed by atoms with Gasteiger partial charge in [-0.25, -0.2) is 8.42 Å². The molecule has 3 rings (SSSR count). The van der Waals surface area contributed by atoms with Crippen molar-refractivity contribution in [3.8, 4) is 0 Å². The van der Waals surface area contributed by atoms with E-state index in [1.165, 1.54) is 0 Å². The van der Waals surface area contributed by atoms with Crippen LogP contribution in [0.2, 0.25) is 0 Å². The molecule has 0 aromatic heterocycles. The topological polar surface area (TPSA) is 46.7 Å². The molecule has 3 nitrogen and oxygen atoms in total. The van der Waals surface area contributed by atoms with Crippen molar-refractivity contribution in [2.24, 2.45) is 0 Å². The minimum absolute atomic E-state index is 0.147. The van der Waals surface area contributed by atoms with Gasteiger partial charge in [-0.3, -0.25) is 0 Å². The van der Waals surface area contributed by atoms with Gasteiger partial charge < -0.3 is 4.74 Å². The molecule has 0 amide bonds. The smallest absolute Gasteiger partial charge is 0.181 e. The lowest BCUT2D eigenvalue weighted by molar-refractivity contribution is 0.306. The van der Waals surface area contributed by atoms with Crippen LogP contribution in [0.4, 0.5) is 0 Å². The molecule has 0 N–H and O–H groups in total. The highest BCUT2D eigenvalue weighted by atomic mass is 32.2. The van der Waals surface area contributed by atoms with E-state index >= 15 is 0 Å². The van der Waals surface area contributed by atoms with E-state index in [-0.39, 0.29) is 17.5 Å². The highest BCUT2D eigenvalue weighted by Gasteiger charge is 2.59. The summed E-state index contributed by atoms with van der Waals surface area (Å²) in [7, 11) is -3.20. The summed E-state index contributed by atoms with van der Waals surface area (Å²) in [5.74, 6) is 0.147. The van der Waals surface area contributed by atoms with Crippen molar-refractivity contribution in [3.05, 3.63) is 30.3 Å². The van der Waals surface area contributed by atoms with E-state index in [1.54, 1.807) is 24.3 Å². The van der Waals surface area contributed by atoms with Crippen LogP contribution in [0.25, 0.3) is 0 Å². The molecule has 1 aliphatic heterocycles. The van der Waals surface area contributed by atoms with Gasteiger partial charge in [0, 0.05) is 0 Å². The molecule has 2 unspecified atom stereocenters. The maximum Gasteiger partial charge on any atom is 0.181 e. The minimum atomic E-state index is -3.20. The van der Waals surface area contributed by atoms with E-state index in [9.17, 15) is 8.42 Å². The Morgan fingerprint density at radius 1 is 1.24 bits per heavy atom. The zero-order valence-corrected chi connectivity index (χ0v) is 10.4. The fraction of sp³-hybridized carbons (Fsp3) is 0.538. The van der Waals surface area contributed by atoms with Crippen LogP contribution in [0, 0.1) is 0 Å². The predicted molar refractivity (Wildman–Crippen MR) is 64.6 cm³/mol. The number of epoxide rings is 1. The van der Waals surface area contributed by atoms with Gasteiger partial charge in [0.1, 0.15) is 5.60 Å². The SMILES string of the molecule is O=S(=O)(CC12CCCCC1O2)c1ccccc1. The molecule has 2 aliphatic rings. The summed E-state index contributed by atoms with van der Waals surface area (Å²) >= 11 is 0. The molecule has 4 heteroatoms. The van der Waals surface area contributed by atoms with Crippen LogP contribution in [0.3, 0.4) is 0 Å². The number of benzene rings is 1. The molecular formula is C13H16O3S. The first-order valence-electron chi connectivity index (χ1n) is 6.08. The Morgan fingerprint density at radius 2 is 2.00 bits per heavy atom. The molecule has 0 spiro atoms. The largest absolute Gasteiger partial charge is 0.365 e. The first-order chi connectivity index (χ1) is 8.12. The Balaban J connectivity index is 1.82. The Bertz CT molecular complexity index is 509. The van der Waals surface area contributed by atoms with Gasteiger partial charge in [0.25, 0.3) is 0 Å². The highest BCUT2D eigenvalue weighted by molar-refractivity contribution is 7.91. The standard InChI is InChI=1S/C13H16O3S/c14-17(15,11-6-2-1-3-7-11)10-13-9-5-4-8-12(13)16-13/h1-3,6-7,12H,4-5,8-10H2. The second-order valence-corrected chi connectivity index (χ2v) is 6.98. The lowest BCUT2D eigenvalue weighted by Crippen LogP contribution is -2.29. The summed E-state index contributed by atoms with van der Waals surface area (Å²) in [5, 5.41) is 0. The summed E-state index contributed by atoms with van der Waals surface area (Å²) < 4.78 is 30.1. The van der Waals surface area contributed by atoms with Gasteiger partial charge in [0.2, 0.25) is 0 Å². The Hall–Kier alpha value is -0.870. The monoisotopic (exact) mass is 252 g/mol. The van der Waals surface area contributed by atoms with Crippen LogP contribution < -0.4 is 0 Å². The third-order valence-corrected chi connectivity index (χ3v) is 5.62. The van der Waals surface area contributed by atoms with Crippen molar-refractivity contribution in [2.45, 2.75) is 42.3 Å². The zero-order chi connectivity index (χ0) is 11.9. The van der Waals surface area contributed by atoms with Gasteiger partial charge in [0.15, 0.2) is 9.84 Å². The first-order valence-corrected chi connectivity index (χ1v) is 7.73. The molecule has 1 aromatic carbocycles. The molecule has 1 saturated heterocycles. The van der Waals surface area contributed by atoms with E-state index < -0.39 is 9.84 Å². The molecule has 92 valence electrons. The fourth-order valence-corrected chi connectivity index (χ4v) is 4.56. The average Bonchev–Trinajstić information content (AvgIpc) is 3.03. The average molecular weight is 252 g/mol. The lowest BCUT2D eigenvalue weighted by atomic mass is 9.91. The maximum absolute atomic E-state index is 12.3. The minimum Gasteiger partial charge on any atom is -0.365 e. The van der Waals surface area contributed by atoms with Crippen LogP contribution in [0.5, 0.6) is 0 Å². The van der Waals surface area contributed by atoms with Crippen LogP contribution >= 0.6 is 0 Å². The number of rotatable bonds is 3. The molecule has 1 saturated carbocycles. The summed E-state index contributed by atoms with van der Waals surface area (Å²) in [4.78, 5) is 0.411. The Morgan fingerprint density at radius 3 is 2.71 bits per heavy atom. The zero-order valence-electron chi connectivity index (χ0n) is 9.63. The molecular weight excluding hydrogens is 236 g/mol. The van der Waals surface area contributed by atoms with Crippen LogP contribution in [-0.4, -0.2) is 25.9 Å². The first kappa shape index (κ1) is 11.2. The molecule has 2 atom stereocenters. The van der Waals surface area contributed by atoms with E-state index in [0.29, 0.717) is 4.90 Å². The third kappa shape index (κ3) is 2.00. The van der Waals surface area contributed by atoms with Gasteiger partial charge in [-0.2, -0.15) is 0 Å². The molecule has 17 heavy (non-hydrogen) atoms. The van der Waals surface area contributed by atoms with E-state index in [1.807, 2.05) is 6.07 Å². The summed E-state index contributed by atoms with van der Waals surface area (Å²) in [6.07, 6.45) is 4.35. The molecule has 1 heterocycles. The van der Waals surface area contributed by atoms with E-state index in [2.05, 4.69) is 0 Å². The number of hydrogen-bond donors (Lipinski definition) is 0. The summed E-state index contributed by atoms with van der Waals surface area (Å²) in [6, 6.07) is 8.67. The highest BCUT2D eigenvalue weighted by Crippen LogP contribution is 2.49. The molecule has 1 aliphatic carbocycles. The van der Waals surface area contributed by atoms with Crippen LogP contribution in [-0.2, 0) is 14.6 Å². The molecule has 0 radical (unpaired) electrons. The quantitative estimate of drug-likeness (QED) is 0.775. The van der Waals surface area contributed by atoms with E-state index in [4.69, 9.17) is 4.74 Å². The lowest BCUT2D eigenvalue weighted by Gasteiger charge is -2.17. The van der Waals surface area contributed by atoms with Gasteiger partial charge in [-0.05, 0) is 25.0 Å². The predicted octanol–water partition coefficient (Wildman–Crippen LogP) is 2.17. The molecule has 2 fully saturated rings. The van der Waals surface area contributed by atoms with E-state index in [0.717, 1.165) is 25.7 Å². The fourth-order valence-electron chi connectivity index (χ4n) is 2.78. The van der Waals surface area contributed by atoms with Crippen molar-refractivity contribution in [3.63, 3.8) is 0 Å². The van der Waals surface area contributed by atoms with Gasteiger partial charge in [-0.1, -0.05) is 31.0 Å². The second kappa shape index (κ2) is 3.82. The van der Waals surface area contributed by atoms with Crippen molar-refractivity contribution >= 4 is 9.84 Å². The number of sulfone groups is 1. The molecule has 0 bridgehead atoms. The third-order valence-electron chi connectivity index (χ3n) is 3.76. The van der Waals surface area contributed by atoms with Crippen molar-refractivity contribution in [1.82, 2.24) is 0 Å². The Labute approximate surface area is 102 Å². The normalized spacial score (nSPS) is 31.9. The Kier molecular flexibility index (Phi) is 2.52. The summed E-state index contributed by atoms with van der Waals surface area (Å²) in [6.45, 7) is 0. The maximum atomic E-state index is 12.3. The van der Waals surface area contributed by atoms with Crippen LogP contribution in [0.15, 0.2) is 35.2 Å².